The van der Waals surface area contributed by atoms with E-state index in [4.69, 9.17) is 0 Å². The molecular weight excluding hydrogens is 342 g/mol. The predicted molar refractivity (Wildman–Crippen MR) is 103 cm³/mol. The predicted octanol–water partition coefficient (Wildman–Crippen LogP) is 2.19. The second-order valence-corrected chi connectivity index (χ2v) is 9.09. The monoisotopic (exact) mass is 375 g/mol. The first-order valence-corrected chi connectivity index (χ1v) is 10.2. The van der Waals surface area contributed by atoms with Crippen molar-refractivity contribution in [2.75, 3.05) is 7.05 Å². The number of Topliss-reactive ketones (excluding diaryl/α,β-unsaturated/α-hetero) is 2. The quantitative estimate of drug-likeness (QED) is 0.655. The summed E-state index contributed by atoms with van der Waals surface area (Å²) in [6.07, 6.45) is 7.97. The first-order chi connectivity index (χ1) is 12.8. The molecule has 3 rings (SSSR count). The number of hydrogen-bond donors (Lipinski definition) is 2. The lowest BCUT2D eigenvalue weighted by molar-refractivity contribution is -0.144. The van der Waals surface area contributed by atoms with Gasteiger partial charge in [0.05, 0.1) is 18.2 Å². The summed E-state index contributed by atoms with van der Waals surface area (Å²) in [7, 11) is 3.64. The number of aromatic nitrogens is 2. The van der Waals surface area contributed by atoms with E-state index in [2.05, 4.69) is 17.3 Å². The highest BCUT2D eigenvalue weighted by atomic mass is 16.3. The van der Waals surface area contributed by atoms with Crippen molar-refractivity contribution in [2.24, 2.45) is 17.9 Å². The molecule has 0 spiro atoms. The molecule has 2 saturated carbocycles. The van der Waals surface area contributed by atoms with Crippen LogP contribution in [0, 0.1) is 10.8 Å². The minimum atomic E-state index is -1.09. The molecule has 27 heavy (non-hydrogen) atoms. The van der Waals surface area contributed by atoms with E-state index in [9.17, 15) is 14.7 Å². The van der Waals surface area contributed by atoms with Crippen LogP contribution in [0.1, 0.15) is 64.0 Å². The molecule has 6 heteroatoms. The lowest BCUT2D eigenvalue weighted by atomic mass is 9.60. The summed E-state index contributed by atoms with van der Waals surface area (Å²) in [6.45, 7) is 2.25. The molecule has 0 bridgehead atoms. The van der Waals surface area contributed by atoms with E-state index in [1.165, 1.54) is 19.3 Å². The molecule has 0 aliphatic heterocycles. The number of aliphatic hydroxyl groups excluding tert-OH is 1. The molecule has 0 saturated heterocycles. The van der Waals surface area contributed by atoms with E-state index in [0.29, 0.717) is 5.69 Å². The third-order valence-electron chi connectivity index (χ3n) is 6.88. The van der Waals surface area contributed by atoms with Gasteiger partial charge in [-0.2, -0.15) is 5.10 Å². The van der Waals surface area contributed by atoms with Crippen LogP contribution in [0.15, 0.2) is 12.3 Å². The zero-order valence-electron chi connectivity index (χ0n) is 16.8. The number of nitrogens with zero attached hydrogens (tertiary/aromatic N) is 2. The van der Waals surface area contributed by atoms with E-state index >= 15 is 0 Å². The van der Waals surface area contributed by atoms with Crippen molar-refractivity contribution in [3.05, 3.63) is 18.0 Å². The fraction of sp³-hybridized carbons (Fsp3) is 0.762. The second kappa shape index (κ2) is 7.84. The maximum atomic E-state index is 13.0. The molecule has 0 aromatic carbocycles. The van der Waals surface area contributed by atoms with Crippen molar-refractivity contribution >= 4 is 11.6 Å². The van der Waals surface area contributed by atoms with Gasteiger partial charge in [-0.1, -0.05) is 19.8 Å². The number of aliphatic hydroxyl groups is 1. The number of rotatable bonds is 10. The molecule has 2 fully saturated rings. The smallest absolute Gasteiger partial charge is 0.167 e. The van der Waals surface area contributed by atoms with Crippen LogP contribution in [-0.4, -0.2) is 45.6 Å². The Balaban J connectivity index is 1.63. The fourth-order valence-electron chi connectivity index (χ4n) is 4.68. The van der Waals surface area contributed by atoms with Crippen molar-refractivity contribution in [1.29, 1.82) is 0 Å². The fourth-order valence-corrected chi connectivity index (χ4v) is 4.68. The Bertz CT molecular complexity index is 689. The van der Waals surface area contributed by atoms with E-state index in [-0.39, 0.29) is 35.9 Å². The summed E-state index contributed by atoms with van der Waals surface area (Å²) in [5.41, 5.74) is 0.329. The van der Waals surface area contributed by atoms with Gasteiger partial charge in [0.2, 0.25) is 0 Å². The number of carbonyl (C=O) groups is 2. The highest BCUT2D eigenvalue weighted by Gasteiger charge is 2.49. The zero-order chi connectivity index (χ0) is 19.7. The van der Waals surface area contributed by atoms with E-state index in [0.717, 1.165) is 25.7 Å². The average Bonchev–Trinajstić information content (AvgIpc) is 2.98. The van der Waals surface area contributed by atoms with E-state index < -0.39 is 11.5 Å². The van der Waals surface area contributed by atoms with Gasteiger partial charge in [-0.15, -0.1) is 0 Å². The Kier molecular flexibility index (Phi) is 5.87. The summed E-state index contributed by atoms with van der Waals surface area (Å²) in [6, 6.07) is 1.60. The molecular formula is C21H33N3O3. The lowest BCUT2D eigenvalue weighted by Crippen LogP contribution is -2.50. The number of nitrogens with one attached hydrogen (secondary N) is 1. The topological polar surface area (TPSA) is 84.2 Å². The molecule has 1 aromatic rings. The number of ketones is 2. The van der Waals surface area contributed by atoms with Crippen molar-refractivity contribution in [3.63, 3.8) is 0 Å². The van der Waals surface area contributed by atoms with Gasteiger partial charge in [-0.25, -0.2) is 0 Å². The van der Waals surface area contributed by atoms with Crippen LogP contribution in [0.3, 0.4) is 0 Å². The molecule has 1 unspecified atom stereocenters. The van der Waals surface area contributed by atoms with Gasteiger partial charge in [0.25, 0.3) is 0 Å². The van der Waals surface area contributed by atoms with Crippen molar-refractivity contribution in [2.45, 2.75) is 76.9 Å². The summed E-state index contributed by atoms with van der Waals surface area (Å²) < 4.78 is 1.65. The van der Waals surface area contributed by atoms with Crippen LogP contribution in [-0.2, 0) is 23.1 Å². The molecule has 2 atom stereocenters. The molecule has 1 aromatic heterocycles. The van der Waals surface area contributed by atoms with Crippen LogP contribution >= 0.6 is 0 Å². The average molecular weight is 376 g/mol. The van der Waals surface area contributed by atoms with Crippen molar-refractivity contribution < 1.29 is 14.7 Å². The number of aryl methyl sites for hydroxylation is 1. The first kappa shape index (κ1) is 20.2. The van der Waals surface area contributed by atoms with Crippen molar-refractivity contribution in [3.8, 4) is 0 Å². The van der Waals surface area contributed by atoms with Crippen molar-refractivity contribution in [1.82, 2.24) is 15.1 Å². The molecule has 0 radical (unpaired) electrons. The normalized spacial score (nSPS) is 22.4. The molecule has 150 valence electrons. The maximum absolute atomic E-state index is 13.0. The second-order valence-electron chi connectivity index (χ2n) is 9.09. The van der Waals surface area contributed by atoms with Gasteiger partial charge < -0.3 is 10.4 Å². The van der Waals surface area contributed by atoms with Crippen LogP contribution in [0.2, 0.25) is 0 Å². The largest absolute Gasteiger partial charge is 0.385 e. The van der Waals surface area contributed by atoms with E-state index in [1.807, 2.05) is 7.05 Å². The Hall–Kier alpha value is -1.53. The van der Waals surface area contributed by atoms with E-state index in [1.54, 1.807) is 24.0 Å². The van der Waals surface area contributed by atoms with Gasteiger partial charge in [-0.05, 0) is 50.6 Å². The number of likely N-dealkylation sites (N-methyl/N-ethyl adjacent to an activating group) is 1. The SMILES string of the molecule is CN[C@@H](CC1(C)CCC1)C(=O)CC1(C(O)C(=O)Cc2ccn(C)n2)CCC1. The van der Waals surface area contributed by atoms with Gasteiger partial charge in [0.1, 0.15) is 11.9 Å². The Labute approximate surface area is 161 Å². The highest BCUT2D eigenvalue weighted by molar-refractivity contribution is 5.89. The lowest BCUT2D eigenvalue weighted by Gasteiger charge is -2.46. The third kappa shape index (κ3) is 4.32. The minimum absolute atomic E-state index is 0.117. The molecule has 2 aliphatic rings. The zero-order valence-corrected chi connectivity index (χ0v) is 16.8. The standard InChI is InChI=1S/C21H33N3O3/c1-20(7-4-8-20)13-16(22-2)18(26)14-21(9-5-10-21)19(27)17(25)12-15-6-11-24(3)23-15/h6,11,16,19,22,27H,4-5,7-10,12-14H2,1-3H3/t16-,19?/m0/s1. The third-order valence-corrected chi connectivity index (χ3v) is 6.88. The Morgan fingerprint density at radius 2 is 1.93 bits per heavy atom. The summed E-state index contributed by atoms with van der Waals surface area (Å²) in [5, 5.41) is 18.2. The van der Waals surface area contributed by atoms with Gasteiger partial charge in [0.15, 0.2) is 5.78 Å². The summed E-state index contributed by atoms with van der Waals surface area (Å²) >= 11 is 0. The molecule has 0 amide bonds. The molecule has 2 aliphatic carbocycles. The molecule has 6 nitrogen and oxygen atoms in total. The Morgan fingerprint density at radius 1 is 1.26 bits per heavy atom. The summed E-state index contributed by atoms with van der Waals surface area (Å²) in [4.78, 5) is 25.6. The van der Waals surface area contributed by atoms with Crippen LogP contribution in [0.5, 0.6) is 0 Å². The number of carbonyl (C=O) groups excluding carboxylic acids is 2. The maximum Gasteiger partial charge on any atom is 0.167 e. The number of hydrogen-bond acceptors (Lipinski definition) is 5. The van der Waals surface area contributed by atoms with Crippen LogP contribution in [0.4, 0.5) is 0 Å². The van der Waals surface area contributed by atoms with Crippen LogP contribution in [0.25, 0.3) is 0 Å². The van der Waals surface area contributed by atoms with Gasteiger partial charge in [0, 0.05) is 25.1 Å². The molecule has 2 N–H and O–H groups in total. The van der Waals surface area contributed by atoms with Crippen LogP contribution < -0.4 is 5.32 Å². The van der Waals surface area contributed by atoms with Gasteiger partial charge in [-0.3, -0.25) is 14.3 Å². The minimum Gasteiger partial charge on any atom is -0.385 e. The Morgan fingerprint density at radius 3 is 2.37 bits per heavy atom. The highest BCUT2D eigenvalue weighted by Crippen LogP contribution is 2.49. The van der Waals surface area contributed by atoms with Gasteiger partial charge >= 0.3 is 0 Å². The summed E-state index contributed by atoms with van der Waals surface area (Å²) in [5.74, 6) is -0.0943. The first-order valence-electron chi connectivity index (χ1n) is 10.2. The molecule has 1 heterocycles.